The van der Waals surface area contributed by atoms with Crippen molar-refractivity contribution in [1.82, 2.24) is 23.9 Å². The van der Waals surface area contributed by atoms with E-state index in [1.807, 2.05) is 72.9 Å². The monoisotopic (exact) mass is 736 g/mol. The van der Waals surface area contributed by atoms with Crippen molar-refractivity contribution in [3.8, 4) is 17.2 Å². The van der Waals surface area contributed by atoms with E-state index in [-0.39, 0.29) is 26.9 Å². The molecule has 5 nitrogen and oxygen atoms in total. The fourth-order valence-electron chi connectivity index (χ4n) is 5.64. The molecule has 0 saturated carbocycles. The second kappa shape index (κ2) is 9.71. The van der Waals surface area contributed by atoms with Crippen LogP contribution < -0.4 is 0 Å². The van der Waals surface area contributed by atoms with E-state index in [9.17, 15) is 13.2 Å². The van der Waals surface area contributed by atoms with Crippen LogP contribution in [-0.4, -0.2) is 23.9 Å². The summed E-state index contributed by atoms with van der Waals surface area (Å²) in [5.74, 6) is 0.175. The summed E-state index contributed by atoms with van der Waals surface area (Å²) in [5, 5.41) is 8.20. The number of halogens is 3. The molecule has 0 aliphatic rings. The zero-order valence-corrected chi connectivity index (χ0v) is 23.9. The minimum absolute atomic E-state index is 0. The summed E-state index contributed by atoms with van der Waals surface area (Å²) < 4.78 is 46.6. The Morgan fingerprint density at radius 3 is 1.90 bits per heavy atom. The van der Waals surface area contributed by atoms with Gasteiger partial charge in [0.2, 0.25) is 0 Å². The maximum atomic E-state index is 13.7. The molecule has 42 heavy (non-hydrogen) atoms. The third-order valence-corrected chi connectivity index (χ3v) is 7.43. The Morgan fingerprint density at radius 1 is 0.619 bits per heavy atom. The first kappa shape index (κ1) is 26.2. The van der Waals surface area contributed by atoms with Crippen molar-refractivity contribution >= 4 is 43.6 Å². The Bertz CT molecular complexity index is 2260. The molecule has 0 bridgehead atoms. The number of pyridine rings is 1. The SMILES string of the molecule is FC(F)(F)c1ccnc(-n2c3[c-]c(-n4c5[c-]c(-n6cccn6)ccc5c5ccccc54)ccc3c3ccccc32)c1.[Pt+2]. The predicted molar refractivity (Wildman–Crippen MR) is 153 cm³/mol. The van der Waals surface area contributed by atoms with Gasteiger partial charge in [0.05, 0.1) is 5.56 Å². The van der Waals surface area contributed by atoms with Gasteiger partial charge in [0.1, 0.15) is 5.82 Å². The van der Waals surface area contributed by atoms with E-state index in [1.165, 1.54) is 6.20 Å². The molecule has 0 radical (unpaired) electrons. The van der Waals surface area contributed by atoms with E-state index in [1.54, 1.807) is 15.4 Å². The van der Waals surface area contributed by atoms with E-state index >= 15 is 0 Å². The Morgan fingerprint density at radius 2 is 1.24 bits per heavy atom. The number of alkyl halides is 3. The Hall–Kier alpha value is -4.68. The summed E-state index contributed by atoms with van der Waals surface area (Å²) in [6.45, 7) is 0. The molecule has 0 N–H and O–H groups in total. The van der Waals surface area contributed by atoms with Gasteiger partial charge in [-0.2, -0.15) is 30.4 Å². The van der Waals surface area contributed by atoms with Crippen LogP contribution in [0.15, 0.2) is 110 Å². The van der Waals surface area contributed by atoms with Gasteiger partial charge in [0.15, 0.2) is 0 Å². The second-order valence-corrected chi connectivity index (χ2v) is 9.77. The molecule has 206 valence electrons. The van der Waals surface area contributed by atoms with Gasteiger partial charge in [-0.25, -0.2) is 4.98 Å². The topological polar surface area (TPSA) is 40.6 Å². The molecule has 0 unspecified atom stereocenters. The van der Waals surface area contributed by atoms with Crippen LogP contribution in [0.2, 0.25) is 0 Å². The minimum Gasteiger partial charge on any atom is -0.358 e. The molecule has 4 aromatic heterocycles. The normalized spacial score (nSPS) is 12.0. The number of hydrogen-bond acceptors (Lipinski definition) is 2. The Balaban J connectivity index is 0.00000288. The molecular weight excluding hydrogens is 718 g/mol. The fourth-order valence-corrected chi connectivity index (χ4v) is 5.64. The molecule has 8 rings (SSSR count). The van der Waals surface area contributed by atoms with Gasteiger partial charge in [0.25, 0.3) is 0 Å². The van der Waals surface area contributed by atoms with E-state index in [2.05, 4.69) is 38.9 Å². The average Bonchev–Trinajstić information content (AvgIpc) is 3.71. The third-order valence-electron chi connectivity index (χ3n) is 7.43. The number of nitrogens with zero attached hydrogens (tertiary/aromatic N) is 5. The maximum absolute atomic E-state index is 13.7. The minimum atomic E-state index is -4.49. The molecule has 0 aliphatic heterocycles. The number of hydrogen-bond donors (Lipinski definition) is 0. The predicted octanol–water partition coefficient (Wildman–Crippen LogP) is 8.08. The second-order valence-electron chi connectivity index (χ2n) is 9.77. The van der Waals surface area contributed by atoms with Crippen LogP contribution in [0.4, 0.5) is 13.2 Å². The summed E-state index contributed by atoms with van der Waals surface area (Å²) in [6, 6.07) is 34.7. The largest absolute Gasteiger partial charge is 2.00 e. The van der Waals surface area contributed by atoms with Gasteiger partial charge in [0, 0.05) is 29.6 Å². The molecule has 4 aromatic carbocycles. The van der Waals surface area contributed by atoms with Gasteiger partial charge >= 0.3 is 27.2 Å². The molecule has 0 spiro atoms. The number of benzene rings is 4. The van der Waals surface area contributed by atoms with Crippen LogP contribution in [0.5, 0.6) is 0 Å². The Kier molecular flexibility index (Phi) is 6.06. The quantitative estimate of drug-likeness (QED) is 0.172. The first-order valence-corrected chi connectivity index (χ1v) is 12.9. The molecule has 0 atom stereocenters. The van der Waals surface area contributed by atoms with Gasteiger partial charge in [-0.15, -0.1) is 35.0 Å². The van der Waals surface area contributed by atoms with Gasteiger partial charge in [-0.05, 0) is 46.8 Å². The average molecular weight is 737 g/mol. The van der Waals surface area contributed by atoms with Crippen molar-refractivity contribution in [3.05, 3.63) is 127 Å². The Labute approximate surface area is 251 Å². The summed E-state index contributed by atoms with van der Waals surface area (Å²) >= 11 is 0. The third kappa shape index (κ3) is 3.97. The van der Waals surface area contributed by atoms with Crippen molar-refractivity contribution in [1.29, 1.82) is 0 Å². The van der Waals surface area contributed by atoms with Crippen LogP contribution in [-0.2, 0) is 27.2 Å². The summed E-state index contributed by atoms with van der Waals surface area (Å²) in [5.41, 5.74) is 3.94. The van der Waals surface area contributed by atoms with Crippen molar-refractivity contribution in [3.63, 3.8) is 0 Å². The number of para-hydroxylation sites is 2. The molecule has 8 aromatic rings. The number of aromatic nitrogens is 5. The van der Waals surface area contributed by atoms with Crippen LogP contribution in [0, 0.1) is 12.1 Å². The van der Waals surface area contributed by atoms with Crippen molar-refractivity contribution < 1.29 is 34.2 Å². The molecule has 0 saturated heterocycles. The molecule has 0 aliphatic carbocycles. The molecule has 0 amide bonds. The number of fused-ring (bicyclic) bond motifs is 6. The van der Waals surface area contributed by atoms with Gasteiger partial charge in [-0.1, -0.05) is 53.1 Å². The summed E-state index contributed by atoms with van der Waals surface area (Å²) in [4.78, 5) is 4.35. The summed E-state index contributed by atoms with van der Waals surface area (Å²) in [6.07, 6.45) is 0.289. The molecule has 9 heteroatoms. The van der Waals surface area contributed by atoms with Crippen LogP contribution in [0.25, 0.3) is 60.8 Å². The fraction of sp³-hybridized carbons (Fsp3) is 0.0303. The number of rotatable bonds is 3. The van der Waals surface area contributed by atoms with Crippen molar-refractivity contribution in [2.24, 2.45) is 0 Å². The van der Waals surface area contributed by atoms with Crippen LogP contribution in [0.3, 0.4) is 0 Å². The summed E-state index contributed by atoms with van der Waals surface area (Å²) in [7, 11) is 0. The van der Waals surface area contributed by atoms with Crippen molar-refractivity contribution in [2.75, 3.05) is 0 Å². The zero-order valence-electron chi connectivity index (χ0n) is 21.6. The first-order chi connectivity index (χ1) is 20.0. The van der Waals surface area contributed by atoms with Gasteiger partial charge in [-0.3, -0.25) is 4.68 Å². The van der Waals surface area contributed by atoms with Crippen LogP contribution >= 0.6 is 0 Å². The van der Waals surface area contributed by atoms with Crippen molar-refractivity contribution in [2.45, 2.75) is 6.18 Å². The molecule has 4 heterocycles. The zero-order chi connectivity index (χ0) is 27.7. The molecular formula is C33H18F3N5Pt. The van der Waals surface area contributed by atoms with E-state index < -0.39 is 11.7 Å². The van der Waals surface area contributed by atoms with E-state index in [0.29, 0.717) is 5.52 Å². The molecule has 0 fully saturated rings. The first-order valence-electron chi connectivity index (χ1n) is 12.9. The smallest absolute Gasteiger partial charge is 0.358 e. The maximum Gasteiger partial charge on any atom is 2.00 e. The van der Waals surface area contributed by atoms with E-state index in [4.69, 9.17) is 0 Å². The van der Waals surface area contributed by atoms with Crippen LogP contribution in [0.1, 0.15) is 5.56 Å². The standard InChI is InChI=1S/C33H18F3N5.Pt/c34-33(35,36)21-14-16-37-32(18-21)41-29-9-4-2-7-25(29)27-13-11-23(20-31(27)41)40-28-8-3-1-6-24(28)26-12-10-22(19-30(26)40)39-17-5-15-38-39;/h1-18H;/q-2;+2. The van der Waals surface area contributed by atoms with E-state index in [0.717, 1.165) is 61.6 Å². The van der Waals surface area contributed by atoms with Gasteiger partial charge < -0.3 is 9.13 Å².